The molecular formula is C28H29IN4O4S. The summed E-state index contributed by atoms with van der Waals surface area (Å²) in [6.07, 6.45) is 7.51. The van der Waals surface area contributed by atoms with Crippen molar-refractivity contribution in [1.29, 1.82) is 5.41 Å². The van der Waals surface area contributed by atoms with Crippen molar-refractivity contribution >= 4 is 62.4 Å². The van der Waals surface area contributed by atoms with Crippen molar-refractivity contribution in [3.8, 4) is 17.2 Å². The van der Waals surface area contributed by atoms with Crippen LogP contribution >= 0.6 is 34.4 Å². The highest BCUT2D eigenvalue weighted by molar-refractivity contribution is 14.1. The normalized spacial score (nSPS) is 18.8. The van der Waals surface area contributed by atoms with Crippen molar-refractivity contribution in [3.05, 3.63) is 56.7 Å². The molecule has 8 nitrogen and oxygen atoms in total. The van der Waals surface area contributed by atoms with Gasteiger partial charge >= 0.3 is 0 Å². The Morgan fingerprint density at radius 2 is 1.87 bits per heavy atom. The van der Waals surface area contributed by atoms with E-state index in [4.69, 9.17) is 19.6 Å². The number of nitrogens with one attached hydrogen (secondary N) is 1. The zero-order valence-corrected chi connectivity index (χ0v) is 24.3. The van der Waals surface area contributed by atoms with Crippen LogP contribution in [0.1, 0.15) is 43.2 Å². The quantitative estimate of drug-likeness (QED) is 0.207. The van der Waals surface area contributed by atoms with Gasteiger partial charge in [-0.2, -0.15) is 15.1 Å². The van der Waals surface area contributed by atoms with E-state index in [1.807, 2.05) is 37.3 Å². The SMILES string of the molecule is COc1cc(/C=C2/C(=N)N3N=C(C4CCCCC4)SC3=NC2=O)cc(I)c1OCCOc1ccc(C)cc1. The van der Waals surface area contributed by atoms with Crippen LogP contribution in [0.15, 0.2) is 52.1 Å². The third kappa shape index (κ3) is 5.90. The number of halogens is 1. The van der Waals surface area contributed by atoms with Gasteiger partial charge in [0.1, 0.15) is 24.0 Å². The standard InChI is InChI=1S/C28H29IN4O4S/c1-17-8-10-20(11-9-17)36-12-13-37-24-22(29)15-18(16-23(24)35-2)14-21-25(30)33-28(31-26(21)34)38-27(32-33)19-6-4-3-5-7-19/h8-11,14-16,19,30H,3-7,12-13H2,1-2H3/b21-14-,30-25?. The van der Waals surface area contributed by atoms with Crippen molar-refractivity contribution in [2.24, 2.45) is 16.0 Å². The van der Waals surface area contributed by atoms with Crippen molar-refractivity contribution < 1.29 is 19.0 Å². The Labute approximate surface area is 240 Å². The molecule has 1 aliphatic carbocycles. The minimum Gasteiger partial charge on any atom is -0.493 e. The van der Waals surface area contributed by atoms with Crippen LogP contribution < -0.4 is 14.2 Å². The topological polar surface area (TPSA) is 96.6 Å². The lowest BCUT2D eigenvalue weighted by molar-refractivity contribution is -0.114. The summed E-state index contributed by atoms with van der Waals surface area (Å²) in [5, 5.41) is 16.3. The van der Waals surface area contributed by atoms with Crippen LogP contribution in [0.5, 0.6) is 17.2 Å². The summed E-state index contributed by atoms with van der Waals surface area (Å²) in [6, 6.07) is 11.6. The number of thioether (sulfide) groups is 1. The lowest BCUT2D eigenvalue weighted by Crippen LogP contribution is -2.35. The highest BCUT2D eigenvalue weighted by Crippen LogP contribution is 2.38. The molecule has 198 valence electrons. The average Bonchev–Trinajstić information content (AvgIpc) is 3.35. The number of benzene rings is 2. The summed E-state index contributed by atoms with van der Waals surface area (Å²) in [5.74, 6) is 1.92. The Morgan fingerprint density at radius 3 is 2.61 bits per heavy atom. The summed E-state index contributed by atoms with van der Waals surface area (Å²) in [6.45, 7) is 2.76. The summed E-state index contributed by atoms with van der Waals surface area (Å²) < 4.78 is 18.1. The van der Waals surface area contributed by atoms with E-state index in [9.17, 15) is 4.79 Å². The number of hydrogen-bond acceptors (Lipinski definition) is 7. The molecular weight excluding hydrogens is 615 g/mol. The molecule has 1 saturated carbocycles. The number of amides is 1. The highest BCUT2D eigenvalue weighted by atomic mass is 127. The predicted octanol–water partition coefficient (Wildman–Crippen LogP) is 6.27. The van der Waals surface area contributed by atoms with Gasteiger partial charge in [-0.15, -0.1) is 0 Å². The molecule has 0 bridgehead atoms. The van der Waals surface area contributed by atoms with Crippen LogP contribution in [0.3, 0.4) is 0 Å². The number of carbonyl (C=O) groups excluding carboxylic acids is 1. The maximum absolute atomic E-state index is 12.9. The maximum Gasteiger partial charge on any atom is 0.283 e. The van der Waals surface area contributed by atoms with Gasteiger partial charge in [0, 0.05) is 5.92 Å². The van der Waals surface area contributed by atoms with Crippen LogP contribution in [0.4, 0.5) is 0 Å². The second-order valence-electron chi connectivity index (χ2n) is 9.34. The van der Waals surface area contributed by atoms with Crippen molar-refractivity contribution in [3.63, 3.8) is 0 Å². The van der Waals surface area contributed by atoms with Gasteiger partial charge in [-0.3, -0.25) is 10.2 Å². The molecule has 2 aliphatic heterocycles. The maximum atomic E-state index is 12.9. The number of rotatable bonds is 8. The number of ether oxygens (including phenoxy) is 3. The highest BCUT2D eigenvalue weighted by Gasteiger charge is 2.38. The minimum atomic E-state index is -0.434. The Balaban J connectivity index is 1.29. The van der Waals surface area contributed by atoms with Gasteiger partial charge < -0.3 is 14.2 Å². The molecule has 1 fully saturated rings. The number of methoxy groups -OCH3 is 1. The molecule has 0 unspecified atom stereocenters. The van der Waals surface area contributed by atoms with Crippen molar-refractivity contribution in [2.45, 2.75) is 39.0 Å². The summed E-state index contributed by atoms with van der Waals surface area (Å²) in [7, 11) is 1.57. The molecule has 2 aromatic carbocycles. The first-order chi connectivity index (χ1) is 18.4. The van der Waals surface area contributed by atoms with E-state index in [1.165, 1.54) is 41.6 Å². The lowest BCUT2D eigenvalue weighted by Gasteiger charge is -2.20. The van der Waals surface area contributed by atoms with E-state index in [0.717, 1.165) is 27.2 Å². The van der Waals surface area contributed by atoms with Gasteiger partial charge in [-0.05, 0) is 90.0 Å². The number of hydrazone groups is 1. The van der Waals surface area contributed by atoms with Crippen LogP contribution in [0, 0.1) is 21.8 Å². The molecule has 0 aromatic heterocycles. The van der Waals surface area contributed by atoms with Crippen LogP contribution in [-0.4, -0.2) is 47.3 Å². The first-order valence-electron chi connectivity index (χ1n) is 12.6. The number of amidine groups is 2. The fourth-order valence-corrected chi connectivity index (χ4v) is 6.43. The van der Waals surface area contributed by atoms with Crippen molar-refractivity contribution in [1.82, 2.24) is 5.01 Å². The fourth-order valence-electron chi connectivity index (χ4n) is 4.59. The minimum absolute atomic E-state index is 0.0425. The number of aliphatic imine (C=N–C) groups is 1. The first kappa shape index (κ1) is 26.7. The van der Waals surface area contributed by atoms with Gasteiger partial charge in [0.05, 0.1) is 16.3 Å². The summed E-state index contributed by atoms with van der Waals surface area (Å²) in [4.78, 5) is 17.1. The number of hydrogen-bond donors (Lipinski definition) is 1. The zero-order valence-electron chi connectivity index (χ0n) is 21.3. The molecule has 0 spiro atoms. The van der Waals surface area contributed by atoms with E-state index in [-0.39, 0.29) is 11.4 Å². The van der Waals surface area contributed by atoms with Gasteiger partial charge in [-0.1, -0.05) is 37.0 Å². The first-order valence-corrected chi connectivity index (χ1v) is 14.5. The molecule has 1 amide bonds. The Morgan fingerprint density at radius 1 is 1.13 bits per heavy atom. The van der Waals surface area contributed by atoms with Crippen molar-refractivity contribution in [2.75, 3.05) is 20.3 Å². The third-order valence-electron chi connectivity index (χ3n) is 6.61. The molecule has 3 aliphatic rings. The number of aryl methyl sites for hydroxylation is 1. The lowest BCUT2D eigenvalue weighted by atomic mass is 9.90. The summed E-state index contributed by atoms with van der Waals surface area (Å²) >= 11 is 3.61. The van der Waals surface area contributed by atoms with E-state index < -0.39 is 5.91 Å². The average molecular weight is 645 g/mol. The van der Waals surface area contributed by atoms with E-state index >= 15 is 0 Å². The van der Waals surface area contributed by atoms with Crippen LogP contribution in [-0.2, 0) is 4.79 Å². The number of fused-ring (bicyclic) bond motifs is 1. The molecule has 2 aromatic rings. The van der Waals surface area contributed by atoms with Gasteiger partial charge in [0.2, 0.25) is 5.17 Å². The van der Waals surface area contributed by atoms with Crippen LogP contribution in [0.25, 0.3) is 6.08 Å². The number of nitrogens with zero attached hydrogens (tertiary/aromatic N) is 3. The second-order valence-corrected chi connectivity index (χ2v) is 11.5. The molecule has 2 heterocycles. The molecule has 0 radical (unpaired) electrons. The second kappa shape index (κ2) is 11.9. The Hall–Kier alpha value is -2.86. The van der Waals surface area contributed by atoms with Crippen LogP contribution in [0.2, 0.25) is 0 Å². The molecule has 0 atom stereocenters. The molecule has 1 N–H and O–H groups in total. The van der Waals surface area contributed by atoms with Gasteiger partial charge in [-0.25, -0.2) is 0 Å². The van der Waals surface area contributed by atoms with E-state index in [0.29, 0.717) is 41.4 Å². The molecule has 38 heavy (non-hydrogen) atoms. The molecule has 0 saturated heterocycles. The van der Waals surface area contributed by atoms with Gasteiger partial charge in [0.25, 0.3) is 5.91 Å². The monoisotopic (exact) mass is 644 g/mol. The molecule has 5 rings (SSSR count). The fraction of sp³-hybridized carbons (Fsp3) is 0.357. The Bertz CT molecular complexity index is 1330. The molecule has 10 heteroatoms. The number of carbonyl (C=O) groups is 1. The predicted molar refractivity (Wildman–Crippen MR) is 159 cm³/mol. The van der Waals surface area contributed by atoms with E-state index in [1.54, 1.807) is 19.3 Å². The van der Waals surface area contributed by atoms with E-state index in [2.05, 4.69) is 32.7 Å². The van der Waals surface area contributed by atoms with Gasteiger partial charge in [0.15, 0.2) is 17.3 Å². The zero-order chi connectivity index (χ0) is 26.6. The summed E-state index contributed by atoms with van der Waals surface area (Å²) in [5.41, 5.74) is 2.09. The largest absolute Gasteiger partial charge is 0.493 e. The third-order valence-corrected chi connectivity index (χ3v) is 8.48. The Kier molecular flexibility index (Phi) is 8.37. The smallest absolute Gasteiger partial charge is 0.283 e.